The van der Waals surface area contributed by atoms with E-state index < -0.39 is 11.2 Å². The van der Waals surface area contributed by atoms with Crippen molar-refractivity contribution in [3.05, 3.63) is 58.7 Å². The van der Waals surface area contributed by atoms with E-state index in [0.717, 1.165) is 11.3 Å². The summed E-state index contributed by atoms with van der Waals surface area (Å²) in [5.41, 5.74) is 4.14. The molecule has 1 aromatic carbocycles. The highest BCUT2D eigenvalue weighted by molar-refractivity contribution is 8.00. The first-order chi connectivity index (χ1) is 13.8. The molecule has 8 heteroatoms. The number of aryl methyl sites for hydroxylation is 2. The van der Waals surface area contributed by atoms with Gasteiger partial charge in [0, 0.05) is 5.69 Å². The molecule has 0 amide bonds. The van der Waals surface area contributed by atoms with Gasteiger partial charge >= 0.3 is 5.97 Å². The number of aromatic nitrogens is 4. The number of thioether (sulfide) groups is 1. The van der Waals surface area contributed by atoms with E-state index in [9.17, 15) is 9.59 Å². The summed E-state index contributed by atoms with van der Waals surface area (Å²) in [6.45, 7) is 9.40. The van der Waals surface area contributed by atoms with Crippen molar-refractivity contribution in [2.24, 2.45) is 0 Å². The smallest absolute Gasteiger partial charge is 0.340 e. The monoisotopic (exact) mass is 412 g/mol. The lowest BCUT2D eigenvalue weighted by atomic mass is 10.1. The number of hydrogen-bond acceptors (Lipinski definition) is 6. The Bertz CT molecular complexity index is 1050. The zero-order valence-electron chi connectivity index (χ0n) is 17.1. The minimum absolute atomic E-state index is 0.106. The second kappa shape index (κ2) is 8.65. The van der Waals surface area contributed by atoms with Crippen LogP contribution in [-0.2, 0) is 4.74 Å². The van der Waals surface area contributed by atoms with Gasteiger partial charge < -0.3 is 9.72 Å². The van der Waals surface area contributed by atoms with Gasteiger partial charge in [-0.05, 0) is 51.8 Å². The molecule has 3 rings (SSSR count). The van der Waals surface area contributed by atoms with Crippen LogP contribution in [0.5, 0.6) is 0 Å². The maximum Gasteiger partial charge on any atom is 0.340 e. The lowest BCUT2D eigenvalue weighted by Crippen LogP contribution is -2.16. The summed E-state index contributed by atoms with van der Waals surface area (Å²) in [4.78, 5) is 28.4. The van der Waals surface area contributed by atoms with Crippen LogP contribution < -0.4 is 0 Å². The second-order valence-electron chi connectivity index (χ2n) is 6.74. The molecule has 0 saturated carbocycles. The van der Waals surface area contributed by atoms with Crippen molar-refractivity contribution >= 4 is 23.5 Å². The van der Waals surface area contributed by atoms with Gasteiger partial charge in [0.05, 0.1) is 28.8 Å². The number of ketones is 1. The van der Waals surface area contributed by atoms with Crippen LogP contribution in [0.2, 0.25) is 0 Å². The number of hydrogen-bond donors (Lipinski definition) is 1. The molecule has 0 saturated heterocycles. The quantitative estimate of drug-likeness (QED) is 0.358. The number of Topliss-reactive ketones (excluding diaryl/α,β-unsaturated/α-hetero) is 1. The van der Waals surface area contributed by atoms with Gasteiger partial charge in [-0.2, -0.15) is 0 Å². The standard InChI is InChI=1S/C21H24N4O3S/c1-6-28-20(27)17-13(3)18(23-14(17)4)19(26)15(5)29-21-24-22-11-25(21)16-10-8-7-9-12(16)2/h7-11,15,23H,6H2,1-5H3/t15-/m1/s1. The van der Waals surface area contributed by atoms with Crippen LogP contribution in [0.3, 0.4) is 0 Å². The summed E-state index contributed by atoms with van der Waals surface area (Å²) in [7, 11) is 0. The van der Waals surface area contributed by atoms with E-state index in [0.29, 0.717) is 27.7 Å². The highest BCUT2D eigenvalue weighted by atomic mass is 32.2. The fraction of sp³-hybridized carbons (Fsp3) is 0.333. The van der Waals surface area contributed by atoms with Gasteiger partial charge in [-0.25, -0.2) is 4.79 Å². The average molecular weight is 413 g/mol. The molecular formula is C21H24N4O3S. The summed E-state index contributed by atoms with van der Waals surface area (Å²) in [6.07, 6.45) is 1.64. The Kier molecular flexibility index (Phi) is 6.22. The highest BCUT2D eigenvalue weighted by Gasteiger charge is 2.27. The number of rotatable bonds is 7. The molecule has 0 aliphatic carbocycles. The van der Waals surface area contributed by atoms with Crippen LogP contribution in [0.4, 0.5) is 0 Å². The van der Waals surface area contributed by atoms with Gasteiger partial charge in [0.15, 0.2) is 10.9 Å². The Balaban J connectivity index is 1.85. The number of nitrogens with zero attached hydrogens (tertiary/aromatic N) is 3. The molecule has 0 unspecified atom stereocenters. The third-order valence-electron chi connectivity index (χ3n) is 4.71. The molecule has 0 spiro atoms. The van der Waals surface area contributed by atoms with Gasteiger partial charge in [0.2, 0.25) is 0 Å². The first-order valence-corrected chi connectivity index (χ1v) is 10.3. The first-order valence-electron chi connectivity index (χ1n) is 9.38. The molecule has 0 aliphatic rings. The van der Waals surface area contributed by atoms with E-state index in [2.05, 4.69) is 15.2 Å². The largest absolute Gasteiger partial charge is 0.462 e. The van der Waals surface area contributed by atoms with Crippen molar-refractivity contribution in [1.29, 1.82) is 0 Å². The summed E-state index contributed by atoms with van der Waals surface area (Å²) < 4.78 is 6.98. The van der Waals surface area contributed by atoms with Crippen molar-refractivity contribution in [1.82, 2.24) is 19.7 Å². The first kappa shape index (κ1) is 20.9. The number of H-pyrrole nitrogens is 1. The molecular weight excluding hydrogens is 388 g/mol. The molecule has 0 aliphatic heterocycles. The Hall–Kier alpha value is -2.87. The van der Waals surface area contributed by atoms with Crippen LogP contribution in [0.25, 0.3) is 5.69 Å². The summed E-state index contributed by atoms with van der Waals surface area (Å²) in [5.74, 6) is -0.525. The average Bonchev–Trinajstić information content (AvgIpc) is 3.25. The molecule has 152 valence electrons. The van der Waals surface area contributed by atoms with Crippen molar-refractivity contribution in [2.45, 2.75) is 45.0 Å². The van der Waals surface area contributed by atoms with Gasteiger partial charge in [0.25, 0.3) is 0 Å². The SMILES string of the molecule is CCOC(=O)c1c(C)[nH]c(C(=O)[C@@H](C)Sc2nncn2-c2ccccc2C)c1C. The van der Waals surface area contributed by atoms with E-state index in [1.165, 1.54) is 11.8 Å². The van der Waals surface area contributed by atoms with Gasteiger partial charge in [-0.3, -0.25) is 9.36 Å². The third-order valence-corrected chi connectivity index (χ3v) is 5.76. The number of benzene rings is 1. The molecule has 0 radical (unpaired) electrons. The Morgan fingerprint density at radius 1 is 1.24 bits per heavy atom. The highest BCUT2D eigenvalue weighted by Crippen LogP contribution is 2.29. The molecule has 3 aromatic rings. The molecule has 29 heavy (non-hydrogen) atoms. The van der Waals surface area contributed by atoms with Gasteiger partial charge in [-0.15, -0.1) is 10.2 Å². The van der Waals surface area contributed by atoms with Crippen LogP contribution in [-0.4, -0.2) is 43.4 Å². The topological polar surface area (TPSA) is 89.9 Å². The van der Waals surface area contributed by atoms with Crippen molar-refractivity contribution in [3.8, 4) is 5.69 Å². The zero-order chi connectivity index (χ0) is 21.1. The van der Waals surface area contributed by atoms with Crippen molar-refractivity contribution < 1.29 is 14.3 Å². The number of ether oxygens (including phenoxy) is 1. The van der Waals surface area contributed by atoms with Crippen LogP contribution >= 0.6 is 11.8 Å². The van der Waals surface area contributed by atoms with Crippen molar-refractivity contribution in [3.63, 3.8) is 0 Å². The number of carbonyl (C=O) groups excluding carboxylic acids is 2. The van der Waals surface area contributed by atoms with Crippen LogP contribution in [0, 0.1) is 20.8 Å². The summed E-state index contributed by atoms with van der Waals surface area (Å²) in [5, 5.41) is 8.41. The van der Waals surface area contributed by atoms with Gasteiger partial charge in [-0.1, -0.05) is 30.0 Å². The number of nitrogens with one attached hydrogen (secondary N) is 1. The van der Waals surface area contributed by atoms with Gasteiger partial charge in [0.1, 0.15) is 6.33 Å². The molecule has 1 N–H and O–H groups in total. The summed E-state index contributed by atoms with van der Waals surface area (Å²) >= 11 is 1.33. The molecule has 0 fully saturated rings. The lowest BCUT2D eigenvalue weighted by molar-refractivity contribution is 0.0525. The van der Waals surface area contributed by atoms with Crippen molar-refractivity contribution in [2.75, 3.05) is 6.61 Å². The second-order valence-corrected chi connectivity index (χ2v) is 8.05. The number of carbonyl (C=O) groups is 2. The number of aromatic amines is 1. The third kappa shape index (κ3) is 4.12. The van der Waals surface area contributed by atoms with E-state index in [4.69, 9.17) is 4.74 Å². The van der Waals surface area contributed by atoms with Crippen LogP contribution in [0.15, 0.2) is 35.7 Å². The maximum absolute atomic E-state index is 13.1. The number of para-hydroxylation sites is 1. The lowest BCUT2D eigenvalue weighted by Gasteiger charge is -2.12. The maximum atomic E-state index is 13.1. The normalized spacial score (nSPS) is 12.0. The fourth-order valence-corrected chi connectivity index (χ4v) is 4.12. The zero-order valence-corrected chi connectivity index (χ0v) is 18.0. The molecule has 7 nitrogen and oxygen atoms in total. The Morgan fingerprint density at radius 2 is 1.97 bits per heavy atom. The molecule has 1 atom stereocenters. The predicted molar refractivity (Wildman–Crippen MR) is 112 cm³/mol. The van der Waals surface area contributed by atoms with Crippen LogP contribution in [0.1, 0.15) is 51.5 Å². The Labute approximate surface area is 173 Å². The van der Waals surface area contributed by atoms with E-state index >= 15 is 0 Å². The minimum Gasteiger partial charge on any atom is -0.462 e. The van der Waals surface area contributed by atoms with E-state index in [1.54, 1.807) is 27.1 Å². The number of esters is 1. The summed E-state index contributed by atoms with van der Waals surface area (Å²) in [6, 6.07) is 7.92. The fourth-order valence-electron chi connectivity index (χ4n) is 3.22. The molecule has 2 aromatic heterocycles. The van der Waals surface area contributed by atoms with E-state index in [1.807, 2.05) is 42.7 Å². The van der Waals surface area contributed by atoms with E-state index in [-0.39, 0.29) is 12.4 Å². The predicted octanol–water partition coefficient (Wildman–Crippen LogP) is 4.06. The molecule has 2 heterocycles. The minimum atomic E-state index is -0.422. The Morgan fingerprint density at radius 3 is 2.66 bits per heavy atom. The molecule has 0 bridgehead atoms.